The van der Waals surface area contributed by atoms with Crippen molar-refractivity contribution in [2.24, 2.45) is 0 Å². The van der Waals surface area contributed by atoms with Crippen LogP contribution in [0.25, 0.3) is 28.0 Å². The van der Waals surface area contributed by atoms with Crippen molar-refractivity contribution in [3.8, 4) is 16.9 Å². The Morgan fingerprint density at radius 1 is 1.14 bits per heavy atom. The average molecular weight is 589 g/mol. The third kappa shape index (κ3) is 4.96. The molecule has 2 atom stereocenters. The van der Waals surface area contributed by atoms with Crippen molar-refractivity contribution < 1.29 is 9.18 Å². The predicted molar refractivity (Wildman–Crippen MR) is 165 cm³/mol. The molecule has 1 saturated heterocycles. The van der Waals surface area contributed by atoms with E-state index < -0.39 is 5.69 Å². The molecule has 1 aliphatic heterocycles. The summed E-state index contributed by atoms with van der Waals surface area (Å²) in [6.07, 6.45) is 3.04. The number of rotatable bonds is 5. The molecule has 3 aromatic heterocycles. The van der Waals surface area contributed by atoms with Gasteiger partial charge in [-0.25, -0.2) is 18.7 Å². The summed E-state index contributed by atoms with van der Waals surface area (Å²) >= 11 is 6.88. The molecule has 4 aromatic rings. The van der Waals surface area contributed by atoms with Gasteiger partial charge >= 0.3 is 5.69 Å². The fourth-order valence-corrected chi connectivity index (χ4v) is 5.96. The number of halogens is 2. The van der Waals surface area contributed by atoms with E-state index in [0.29, 0.717) is 57.5 Å². The van der Waals surface area contributed by atoms with Crippen molar-refractivity contribution >= 4 is 34.4 Å². The van der Waals surface area contributed by atoms with Crippen LogP contribution in [0.1, 0.15) is 50.4 Å². The second-order valence-electron chi connectivity index (χ2n) is 11.2. The first-order valence-electron chi connectivity index (χ1n) is 14.0. The predicted octanol–water partition coefficient (Wildman–Crippen LogP) is 5.99. The van der Waals surface area contributed by atoms with E-state index in [4.69, 9.17) is 16.6 Å². The van der Waals surface area contributed by atoms with Crippen molar-refractivity contribution in [2.45, 2.75) is 59.5 Å². The van der Waals surface area contributed by atoms with Crippen LogP contribution in [-0.4, -0.2) is 55.5 Å². The lowest BCUT2D eigenvalue weighted by atomic mass is 10.0. The van der Waals surface area contributed by atoms with Gasteiger partial charge in [-0.05, 0) is 69.0 Å². The lowest BCUT2D eigenvalue weighted by Crippen LogP contribution is -2.58. The topological polar surface area (TPSA) is 84.2 Å². The molecular formula is C32H34ClFN6O2. The lowest BCUT2D eigenvalue weighted by Gasteiger charge is -2.44. The van der Waals surface area contributed by atoms with E-state index in [1.54, 1.807) is 36.2 Å². The van der Waals surface area contributed by atoms with Crippen LogP contribution >= 0.6 is 11.6 Å². The second-order valence-corrected chi connectivity index (χ2v) is 11.6. The summed E-state index contributed by atoms with van der Waals surface area (Å²) in [5, 5.41) is 0.871. The van der Waals surface area contributed by atoms with Gasteiger partial charge < -0.3 is 9.80 Å². The zero-order chi connectivity index (χ0) is 30.5. The molecule has 218 valence electrons. The largest absolute Gasteiger partial charge is 0.355 e. The van der Waals surface area contributed by atoms with Gasteiger partial charge in [0.15, 0.2) is 5.65 Å². The molecule has 0 spiro atoms. The molecule has 8 nitrogen and oxygen atoms in total. The highest BCUT2D eigenvalue weighted by Gasteiger charge is 2.34. The van der Waals surface area contributed by atoms with E-state index >= 15 is 0 Å². The fraction of sp³-hybridized carbons (Fsp3) is 0.344. The molecule has 10 heteroatoms. The number of fused-ring (bicyclic) bond motifs is 1. The molecule has 0 saturated carbocycles. The van der Waals surface area contributed by atoms with Gasteiger partial charge in [0.25, 0.3) is 0 Å². The van der Waals surface area contributed by atoms with Gasteiger partial charge in [-0.2, -0.15) is 4.98 Å². The fourth-order valence-electron chi connectivity index (χ4n) is 5.71. The standard InChI is InChI=1S/C32H34ClFN6O2/c1-8-26(41)38-15-20(6)39(16-19(38)5)30-23-14-24(33)28(22-10-9-11-25(34)21(22)7)36-31(23)40(32(42)37-30)29-18(4)12-13-35-27(29)17(2)3/h8-14,17,19-20H,1,15-16H2,2-7H3/t19-,20+/m1/s1. The first-order chi connectivity index (χ1) is 19.9. The van der Waals surface area contributed by atoms with Gasteiger partial charge in [0.05, 0.1) is 27.5 Å². The molecule has 1 fully saturated rings. The van der Waals surface area contributed by atoms with Crippen molar-refractivity contribution in [3.63, 3.8) is 0 Å². The van der Waals surface area contributed by atoms with Crippen molar-refractivity contribution in [3.05, 3.63) is 87.3 Å². The van der Waals surface area contributed by atoms with E-state index in [0.717, 1.165) is 11.3 Å². The van der Waals surface area contributed by atoms with E-state index in [-0.39, 0.29) is 29.7 Å². The molecule has 1 aromatic carbocycles. The normalized spacial score (nSPS) is 17.3. The molecule has 0 N–H and O–H groups in total. The minimum absolute atomic E-state index is 0.00936. The number of anilines is 1. The van der Waals surface area contributed by atoms with E-state index in [1.165, 1.54) is 16.7 Å². The summed E-state index contributed by atoms with van der Waals surface area (Å²) in [5.74, 6) is -0.0792. The Morgan fingerprint density at radius 2 is 1.88 bits per heavy atom. The summed E-state index contributed by atoms with van der Waals surface area (Å²) < 4.78 is 16.1. The van der Waals surface area contributed by atoms with E-state index in [2.05, 4.69) is 16.5 Å². The van der Waals surface area contributed by atoms with Gasteiger partial charge in [0, 0.05) is 36.9 Å². The Bertz CT molecular complexity index is 1790. The highest BCUT2D eigenvalue weighted by molar-refractivity contribution is 6.34. The van der Waals surface area contributed by atoms with Crippen LogP contribution in [0.2, 0.25) is 5.02 Å². The van der Waals surface area contributed by atoms with Crippen LogP contribution in [0.5, 0.6) is 0 Å². The van der Waals surface area contributed by atoms with Crippen LogP contribution in [0.15, 0.2) is 54.0 Å². The number of amides is 1. The summed E-state index contributed by atoms with van der Waals surface area (Å²) in [6, 6.07) is 8.04. The molecule has 0 bridgehead atoms. The molecule has 1 aliphatic rings. The Kier molecular flexibility index (Phi) is 7.90. The monoisotopic (exact) mass is 588 g/mol. The molecule has 0 unspecified atom stereocenters. The quantitative estimate of drug-likeness (QED) is 0.266. The number of hydrogen-bond acceptors (Lipinski definition) is 6. The number of aromatic nitrogens is 4. The SMILES string of the molecule is C=CC(=O)N1C[C@H](C)N(c2nc(=O)n(-c3c(C)ccnc3C(C)C)c3nc(-c4cccc(F)c4C)c(Cl)cc23)C[C@H]1C. The van der Waals surface area contributed by atoms with Crippen molar-refractivity contribution in [2.75, 3.05) is 18.0 Å². The Labute approximate surface area is 249 Å². The molecule has 5 rings (SSSR count). The summed E-state index contributed by atoms with van der Waals surface area (Å²) in [6.45, 7) is 16.1. The van der Waals surface area contributed by atoms with Crippen LogP contribution in [0, 0.1) is 19.7 Å². The minimum Gasteiger partial charge on any atom is -0.349 e. The van der Waals surface area contributed by atoms with Gasteiger partial charge in [-0.3, -0.25) is 9.78 Å². The van der Waals surface area contributed by atoms with Crippen LogP contribution in [0.4, 0.5) is 10.2 Å². The van der Waals surface area contributed by atoms with E-state index in [9.17, 15) is 14.0 Å². The number of benzene rings is 1. The van der Waals surface area contributed by atoms with Crippen molar-refractivity contribution in [1.29, 1.82) is 0 Å². The van der Waals surface area contributed by atoms with Gasteiger partial charge in [-0.15, -0.1) is 0 Å². The Balaban J connectivity index is 1.84. The summed E-state index contributed by atoms with van der Waals surface area (Å²) in [4.78, 5) is 44.5. The van der Waals surface area contributed by atoms with Crippen LogP contribution in [-0.2, 0) is 4.79 Å². The van der Waals surface area contributed by atoms with Crippen LogP contribution in [0.3, 0.4) is 0 Å². The third-order valence-electron chi connectivity index (χ3n) is 7.96. The summed E-state index contributed by atoms with van der Waals surface area (Å²) in [7, 11) is 0. The first-order valence-corrected chi connectivity index (χ1v) is 14.4. The molecule has 1 amide bonds. The Morgan fingerprint density at radius 3 is 2.57 bits per heavy atom. The number of aryl methyl sites for hydroxylation is 1. The van der Waals surface area contributed by atoms with Gasteiger partial charge in [-0.1, -0.05) is 44.2 Å². The molecule has 0 aliphatic carbocycles. The first kappa shape index (κ1) is 29.4. The second kappa shape index (κ2) is 11.3. The lowest BCUT2D eigenvalue weighted by molar-refractivity contribution is -0.128. The highest BCUT2D eigenvalue weighted by atomic mass is 35.5. The number of hydrogen-bond donors (Lipinski definition) is 0. The highest BCUT2D eigenvalue weighted by Crippen LogP contribution is 2.37. The molecular weight excluding hydrogens is 555 g/mol. The third-order valence-corrected chi connectivity index (χ3v) is 8.25. The maximum atomic E-state index is 14.6. The zero-order valence-electron chi connectivity index (χ0n) is 24.7. The van der Waals surface area contributed by atoms with Crippen LogP contribution < -0.4 is 10.6 Å². The van der Waals surface area contributed by atoms with Gasteiger partial charge in [0.2, 0.25) is 5.91 Å². The number of carbonyl (C=O) groups is 1. The van der Waals surface area contributed by atoms with E-state index in [1.807, 2.05) is 45.6 Å². The number of nitrogens with zero attached hydrogens (tertiary/aromatic N) is 6. The maximum absolute atomic E-state index is 14.6. The number of pyridine rings is 2. The van der Waals surface area contributed by atoms with Crippen molar-refractivity contribution in [1.82, 2.24) is 24.4 Å². The minimum atomic E-state index is -0.517. The smallest absolute Gasteiger partial charge is 0.349 e. The molecule has 4 heterocycles. The number of carbonyl (C=O) groups excluding carboxylic acids is 1. The molecule has 42 heavy (non-hydrogen) atoms. The molecule has 0 radical (unpaired) electrons. The number of piperazine rings is 1. The Hall–Kier alpha value is -4.11. The maximum Gasteiger partial charge on any atom is 0.355 e. The summed E-state index contributed by atoms with van der Waals surface area (Å²) in [5.41, 5.74) is 3.30. The van der Waals surface area contributed by atoms with Gasteiger partial charge in [0.1, 0.15) is 11.6 Å². The average Bonchev–Trinajstić information content (AvgIpc) is 2.95. The zero-order valence-corrected chi connectivity index (χ0v) is 25.4.